The number of nitrogens with zero attached hydrogens (tertiary/aromatic N) is 3. The number of rotatable bonds is 4. The molecule has 2 rings (SSSR count). The molecule has 0 fully saturated rings. The number of H-pyrrole nitrogens is 1. The number of thioether (sulfide) groups is 1. The molecule has 0 spiro atoms. The second kappa shape index (κ2) is 6.22. The number of aromatic nitrogens is 3. The summed E-state index contributed by atoms with van der Waals surface area (Å²) in [4.78, 5) is 36.4. The van der Waals surface area contributed by atoms with Crippen LogP contribution in [0.15, 0.2) is 37.4 Å². The molecule has 0 radical (unpaired) electrons. The lowest BCUT2D eigenvalue weighted by Gasteiger charge is -2.07. The molecule has 110 valence electrons. The van der Waals surface area contributed by atoms with Crippen molar-refractivity contribution in [3.63, 3.8) is 0 Å². The van der Waals surface area contributed by atoms with Gasteiger partial charge in [-0.05, 0) is 21.5 Å². The molecular weight excluding hydrogens is 364 g/mol. The van der Waals surface area contributed by atoms with Crippen molar-refractivity contribution in [1.29, 1.82) is 0 Å². The van der Waals surface area contributed by atoms with Gasteiger partial charge >= 0.3 is 11.1 Å². The first-order valence-electron chi connectivity index (χ1n) is 5.62. The lowest BCUT2D eigenvalue weighted by atomic mass is 10.2. The van der Waals surface area contributed by atoms with E-state index in [1.165, 1.54) is 22.5 Å². The van der Waals surface area contributed by atoms with Gasteiger partial charge in [0, 0.05) is 18.9 Å². The Hall–Kier alpha value is -1.94. The molecule has 10 heteroatoms. The first-order chi connectivity index (χ1) is 9.90. The smallest absolute Gasteiger partial charge is 0.265 e. The van der Waals surface area contributed by atoms with Crippen molar-refractivity contribution in [3.8, 4) is 0 Å². The van der Waals surface area contributed by atoms with E-state index in [9.17, 15) is 19.7 Å². The standard InChI is InChI=1S/C11H9BrN4O4S/c1-15-11(13-9(17)10(18)14-15)21-5-6-3-2-4-7(8(6)12)16(19)20/h2-4H,5H2,1H3,(H,14,18). The summed E-state index contributed by atoms with van der Waals surface area (Å²) in [6.07, 6.45) is 0. The fraction of sp³-hybridized carbons (Fsp3) is 0.182. The highest BCUT2D eigenvalue weighted by molar-refractivity contribution is 9.10. The summed E-state index contributed by atoms with van der Waals surface area (Å²) in [7, 11) is 1.55. The van der Waals surface area contributed by atoms with Crippen LogP contribution in [0.4, 0.5) is 5.69 Å². The third kappa shape index (κ3) is 3.39. The summed E-state index contributed by atoms with van der Waals surface area (Å²) in [6, 6.07) is 4.71. The summed E-state index contributed by atoms with van der Waals surface area (Å²) >= 11 is 4.38. The van der Waals surface area contributed by atoms with E-state index >= 15 is 0 Å². The van der Waals surface area contributed by atoms with Gasteiger partial charge in [0.2, 0.25) is 0 Å². The maximum Gasteiger partial charge on any atom is 0.339 e. The van der Waals surface area contributed by atoms with Gasteiger partial charge in [0.25, 0.3) is 5.69 Å². The normalized spacial score (nSPS) is 10.6. The zero-order chi connectivity index (χ0) is 15.6. The van der Waals surface area contributed by atoms with Crippen molar-refractivity contribution in [3.05, 3.63) is 59.1 Å². The van der Waals surface area contributed by atoms with Gasteiger partial charge in [-0.1, -0.05) is 23.9 Å². The van der Waals surface area contributed by atoms with Crippen LogP contribution in [-0.4, -0.2) is 19.7 Å². The Balaban J connectivity index is 2.27. The van der Waals surface area contributed by atoms with E-state index in [2.05, 4.69) is 26.0 Å². The van der Waals surface area contributed by atoms with Crippen LogP contribution >= 0.6 is 27.7 Å². The maximum atomic E-state index is 11.2. The van der Waals surface area contributed by atoms with E-state index < -0.39 is 16.0 Å². The van der Waals surface area contributed by atoms with Gasteiger partial charge in [0.1, 0.15) is 0 Å². The number of aromatic amines is 1. The summed E-state index contributed by atoms with van der Waals surface area (Å²) in [5, 5.41) is 13.5. The van der Waals surface area contributed by atoms with Crippen LogP contribution in [0.3, 0.4) is 0 Å². The summed E-state index contributed by atoms with van der Waals surface area (Å²) < 4.78 is 1.72. The predicted octanol–water partition coefficient (Wildman–Crippen LogP) is 1.43. The van der Waals surface area contributed by atoms with Crippen LogP contribution in [0.1, 0.15) is 5.56 Å². The molecule has 0 unspecified atom stereocenters. The molecule has 0 bridgehead atoms. The van der Waals surface area contributed by atoms with Crippen LogP contribution in [0.25, 0.3) is 0 Å². The summed E-state index contributed by atoms with van der Waals surface area (Å²) in [6.45, 7) is 0. The van der Waals surface area contributed by atoms with E-state index in [1.54, 1.807) is 19.2 Å². The van der Waals surface area contributed by atoms with Crippen LogP contribution in [0.2, 0.25) is 0 Å². The fourth-order valence-corrected chi connectivity index (χ4v) is 3.20. The predicted molar refractivity (Wildman–Crippen MR) is 80.5 cm³/mol. The molecule has 1 N–H and O–H groups in total. The molecule has 1 aromatic carbocycles. The molecule has 0 aliphatic heterocycles. The first kappa shape index (κ1) is 15.4. The number of halogens is 1. The van der Waals surface area contributed by atoms with E-state index in [4.69, 9.17) is 0 Å². The molecule has 0 atom stereocenters. The Labute approximate surface area is 130 Å². The Kier molecular flexibility index (Phi) is 4.58. The average molecular weight is 373 g/mol. The van der Waals surface area contributed by atoms with E-state index in [1.807, 2.05) is 0 Å². The van der Waals surface area contributed by atoms with Crippen molar-refractivity contribution in [2.24, 2.45) is 7.05 Å². The first-order valence-corrected chi connectivity index (χ1v) is 7.40. The third-order valence-electron chi connectivity index (χ3n) is 2.56. The minimum atomic E-state index is -0.867. The van der Waals surface area contributed by atoms with Crippen LogP contribution < -0.4 is 11.1 Å². The lowest BCUT2D eigenvalue weighted by molar-refractivity contribution is -0.385. The summed E-state index contributed by atoms with van der Waals surface area (Å²) in [5.74, 6) is 0.356. The maximum absolute atomic E-state index is 11.2. The molecule has 0 amide bonds. The van der Waals surface area contributed by atoms with Crippen LogP contribution in [-0.2, 0) is 12.8 Å². The average Bonchev–Trinajstić information content (AvgIpc) is 2.42. The van der Waals surface area contributed by atoms with Crippen molar-refractivity contribution in [2.45, 2.75) is 10.9 Å². The largest absolute Gasteiger partial charge is 0.339 e. The number of benzene rings is 1. The van der Waals surface area contributed by atoms with Crippen molar-refractivity contribution >= 4 is 33.4 Å². The Morgan fingerprint density at radius 1 is 1.48 bits per heavy atom. The molecular formula is C11H9BrN4O4S. The Bertz CT molecular complexity index is 817. The number of aryl methyl sites for hydroxylation is 1. The quantitative estimate of drug-likeness (QED) is 0.376. The zero-order valence-corrected chi connectivity index (χ0v) is 13.1. The van der Waals surface area contributed by atoms with Gasteiger partial charge in [0.05, 0.1) is 9.40 Å². The summed E-state index contributed by atoms with van der Waals surface area (Å²) in [5.41, 5.74) is -1.00. The molecule has 0 saturated carbocycles. The highest BCUT2D eigenvalue weighted by Gasteiger charge is 2.15. The fourth-order valence-electron chi connectivity index (χ4n) is 1.55. The van der Waals surface area contributed by atoms with Gasteiger partial charge in [-0.3, -0.25) is 29.5 Å². The number of nitro benzene ring substituents is 1. The molecule has 8 nitrogen and oxygen atoms in total. The van der Waals surface area contributed by atoms with Gasteiger partial charge in [-0.2, -0.15) is 4.98 Å². The van der Waals surface area contributed by atoms with Crippen molar-refractivity contribution in [1.82, 2.24) is 14.8 Å². The van der Waals surface area contributed by atoms with Gasteiger partial charge in [-0.15, -0.1) is 0 Å². The van der Waals surface area contributed by atoms with Crippen molar-refractivity contribution in [2.75, 3.05) is 0 Å². The second-order valence-corrected chi connectivity index (χ2v) is 5.73. The molecule has 2 aromatic rings. The Morgan fingerprint density at radius 2 is 2.19 bits per heavy atom. The molecule has 1 heterocycles. The SMILES string of the molecule is Cn1[nH]c(=O)c(=O)nc1SCc1cccc([N+](=O)[O-])c1Br. The number of hydrogen-bond acceptors (Lipinski definition) is 6. The molecule has 0 aliphatic carbocycles. The molecule has 21 heavy (non-hydrogen) atoms. The molecule has 0 aliphatic rings. The van der Waals surface area contributed by atoms with E-state index in [-0.39, 0.29) is 5.69 Å². The molecule has 1 aromatic heterocycles. The van der Waals surface area contributed by atoms with E-state index in [0.717, 1.165) is 0 Å². The second-order valence-electron chi connectivity index (χ2n) is 4.00. The third-order valence-corrected chi connectivity index (χ3v) is 4.55. The monoisotopic (exact) mass is 372 g/mol. The number of nitro groups is 1. The number of nitrogens with one attached hydrogen (secondary N) is 1. The van der Waals surface area contributed by atoms with Crippen LogP contribution in [0.5, 0.6) is 0 Å². The minimum Gasteiger partial charge on any atom is -0.265 e. The van der Waals surface area contributed by atoms with Gasteiger partial charge in [0.15, 0.2) is 5.16 Å². The molecule has 0 saturated heterocycles. The van der Waals surface area contributed by atoms with Crippen molar-refractivity contribution < 1.29 is 4.92 Å². The number of hydrogen-bond donors (Lipinski definition) is 1. The lowest BCUT2D eigenvalue weighted by Crippen LogP contribution is -2.33. The Morgan fingerprint density at radius 3 is 2.86 bits per heavy atom. The van der Waals surface area contributed by atoms with Gasteiger partial charge < -0.3 is 0 Å². The van der Waals surface area contributed by atoms with Gasteiger partial charge in [-0.25, -0.2) is 0 Å². The topological polar surface area (TPSA) is 111 Å². The highest BCUT2D eigenvalue weighted by atomic mass is 79.9. The minimum absolute atomic E-state index is 0.0311. The van der Waals surface area contributed by atoms with Crippen LogP contribution in [0, 0.1) is 10.1 Å². The highest BCUT2D eigenvalue weighted by Crippen LogP contribution is 2.31. The van der Waals surface area contributed by atoms with E-state index in [0.29, 0.717) is 20.9 Å². The zero-order valence-electron chi connectivity index (χ0n) is 10.7.